The van der Waals surface area contributed by atoms with Crippen LogP contribution in [0.25, 0.3) is 0 Å². The van der Waals surface area contributed by atoms with E-state index >= 15 is 0 Å². The van der Waals surface area contributed by atoms with Crippen LogP contribution in [0.5, 0.6) is 0 Å². The predicted octanol–water partition coefficient (Wildman–Crippen LogP) is 2.30. The molecule has 0 aliphatic heterocycles. The first-order valence-corrected chi connectivity index (χ1v) is 5.00. The Kier molecular flexibility index (Phi) is 3.81. The zero-order valence-electron chi connectivity index (χ0n) is 8.69. The lowest BCUT2D eigenvalue weighted by Gasteiger charge is -1.88. The molecule has 0 aromatic heterocycles. The number of ketones is 2. The monoisotopic (exact) mass is 192 g/mol. The van der Waals surface area contributed by atoms with Crippen molar-refractivity contribution in [3.63, 3.8) is 0 Å². The zero-order chi connectivity index (χ0) is 10.6. The molecule has 0 unspecified atom stereocenters. The van der Waals surface area contributed by atoms with E-state index in [1.807, 2.05) is 26.0 Å². The molecule has 2 rings (SSSR count). The number of carbonyl (C=O) groups excluding carboxylic acids is 2. The SMILES string of the molecule is C[C@@H]1C=CC(=O)C1.C[C@H]1C=CC(=O)C1. The summed E-state index contributed by atoms with van der Waals surface area (Å²) < 4.78 is 0. The van der Waals surface area contributed by atoms with Crippen LogP contribution in [0, 0.1) is 11.8 Å². The molecule has 2 atom stereocenters. The standard InChI is InChI=1S/2C6H8O/c2*1-5-2-3-6(7)4-5/h2*2-3,5H,4H2,1H3/t2*5-/m10/s1. The van der Waals surface area contributed by atoms with E-state index in [1.165, 1.54) is 0 Å². The first-order chi connectivity index (χ1) is 6.58. The molecule has 2 heteroatoms. The fourth-order valence-electron chi connectivity index (χ4n) is 1.45. The number of allylic oxidation sites excluding steroid dienone is 4. The number of hydrogen-bond donors (Lipinski definition) is 0. The van der Waals surface area contributed by atoms with Crippen LogP contribution in [0.1, 0.15) is 26.7 Å². The molecule has 76 valence electrons. The summed E-state index contributed by atoms with van der Waals surface area (Å²) in [6, 6.07) is 0. The van der Waals surface area contributed by atoms with Crippen LogP contribution in [-0.4, -0.2) is 11.6 Å². The van der Waals surface area contributed by atoms with Crippen molar-refractivity contribution in [3.05, 3.63) is 24.3 Å². The Morgan fingerprint density at radius 1 is 0.929 bits per heavy atom. The van der Waals surface area contributed by atoms with Gasteiger partial charge in [0.1, 0.15) is 0 Å². The van der Waals surface area contributed by atoms with Crippen molar-refractivity contribution in [2.45, 2.75) is 26.7 Å². The van der Waals surface area contributed by atoms with Crippen molar-refractivity contribution >= 4 is 11.6 Å². The van der Waals surface area contributed by atoms with E-state index in [-0.39, 0.29) is 11.6 Å². The van der Waals surface area contributed by atoms with Gasteiger partial charge in [-0.25, -0.2) is 0 Å². The Balaban J connectivity index is 0.000000140. The van der Waals surface area contributed by atoms with Crippen molar-refractivity contribution in [1.82, 2.24) is 0 Å². The van der Waals surface area contributed by atoms with Crippen molar-refractivity contribution < 1.29 is 9.59 Å². The van der Waals surface area contributed by atoms with Crippen LogP contribution >= 0.6 is 0 Å². The van der Waals surface area contributed by atoms with Crippen molar-refractivity contribution in [2.24, 2.45) is 11.8 Å². The van der Waals surface area contributed by atoms with Crippen molar-refractivity contribution in [3.8, 4) is 0 Å². The summed E-state index contributed by atoms with van der Waals surface area (Å²) in [5.41, 5.74) is 0. The van der Waals surface area contributed by atoms with E-state index in [0.29, 0.717) is 11.8 Å². The molecule has 0 aromatic rings. The van der Waals surface area contributed by atoms with E-state index < -0.39 is 0 Å². The molecule has 14 heavy (non-hydrogen) atoms. The van der Waals surface area contributed by atoms with Gasteiger partial charge in [-0.1, -0.05) is 26.0 Å². The fourth-order valence-corrected chi connectivity index (χ4v) is 1.45. The molecule has 2 nitrogen and oxygen atoms in total. The molecule has 0 N–H and O–H groups in total. The summed E-state index contributed by atoms with van der Waals surface area (Å²) in [4.78, 5) is 20.7. The number of rotatable bonds is 0. The maximum absolute atomic E-state index is 10.4. The number of hydrogen-bond acceptors (Lipinski definition) is 2. The molecule has 0 aromatic carbocycles. The Hall–Kier alpha value is -1.18. The molecule has 0 radical (unpaired) electrons. The normalized spacial score (nSPS) is 29.3. The molecule has 0 heterocycles. The van der Waals surface area contributed by atoms with Gasteiger partial charge in [0.05, 0.1) is 0 Å². The predicted molar refractivity (Wildman–Crippen MR) is 55.9 cm³/mol. The minimum absolute atomic E-state index is 0.271. The van der Waals surface area contributed by atoms with Gasteiger partial charge in [-0.3, -0.25) is 9.59 Å². The highest BCUT2D eigenvalue weighted by atomic mass is 16.1. The second-order valence-corrected chi connectivity index (χ2v) is 4.01. The van der Waals surface area contributed by atoms with Gasteiger partial charge in [0.25, 0.3) is 0 Å². The van der Waals surface area contributed by atoms with E-state index in [9.17, 15) is 9.59 Å². The highest BCUT2D eigenvalue weighted by Gasteiger charge is 2.09. The van der Waals surface area contributed by atoms with E-state index in [0.717, 1.165) is 12.8 Å². The van der Waals surface area contributed by atoms with Gasteiger partial charge in [0.15, 0.2) is 11.6 Å². The first-order valence-electron chi connectivity index (χ1n) is 5.00. The lowest BCUT2D eigenvalue weighted by molar-refractivity contribution is -0.115. The van der Waals surface area contributed by atoms with Crippen molar-refractivity contribution in [1.29, 1.82) is 0 Å². The third-order valence-electron chi connectivity index (χ3n) is 2.27. The first kappa shape index (κ1) is 10.9. The molecule has 0 bridgehead atoms. The molecule has 2 aliphatic rings. The quantitative estimate of drug-likeness (QED) is 0.590. The van der Waals surface area contributed by atoms with Crippen molar-refractivity contribution in [2.75, 3.05) is 0 Å². The van der Waals surface area contributed by atoms with Crippen LogP contribution in [0.2, 0.25) is 0 Å². The highest BCUT2D eigenvalue weighted by molar-refractivity contribution is 5.92. The Bertz CT molecular complexity index is 257. The van der Waals surface area contributed by atoms with Crippen LogP contribution < -0.4 is 0 Å². The second-order valence-electron chi connectivity index (χ2n) is 4.01. The summed E-state index contributed by atoms with van der Waals surface area (Å²) in [5.74, 6) is 1.53. The number of carbonyl (C=O) groups is 2. The largest absolute Gasteiger partial charge is 0.295 e. The average molecular weight is 192 g/mol. The second kappa shape index (κ2) is 4.89. The van der Waals surface area contributed by atoms with Gasteiger partial charge in [-0.2, -0.15) is 0 Å². The van der Waals surface area contributed by atoms with E-state index in [1.54, 1.807) is 12.2 Å². The molecule has 0 saturated heterocycles. The summed E-state index contributed by atoms with van der Waals surface area (Å²) in [7, 11) is 0. The van der Waals surface area contributed by atoms with Gasteiger partial charge < -0.3 is 0 Å². The summed E-state index contributed by atoms with van der Waals surface area (Å²) in [5, 5.41) is 0. The smallest absolute Gasteiger partial charge is 0.155 e. The Morgan fingerprint density at radius 2 is 1.29 bits per heavy atom. The molecule has 0 spiro atoms. The van der Waals surface area contributed by atoms with Gasteiger partial charge in [0, 0.05) is 12.8 Å². The topological polar surface area (TPSA) is 34.1 Å². The molecule has 0 amide bonds. The third kappa shape index (κ3) is 3.69. The molecular formula is C12H16O2. The van der Waals surface area contributed by atoms with Gasteiger partial charge in [0.2, 0.25) is 0 Å². The maximum Gasteiger partial charge on any atom is 0.155 e. The van der Waals surface area contributed by atoms with Crippen LogP contribution in [0.4, 0.5) is 0 Å². The van der Waals surface area contributed by atoms with E-state index in [2.05, 4.69) is 0 Å². The fraction of sp³-hybridized carbons (Fsp3) is 0.500. The zero-order valence-corrected chi connectivity index (χ0v) is 8.69. The van der Waals surface area contributed by atoms with Gasteiger partial charge >= 0.3 is 0 Å². The maximum atomic E-state index is 10.4. The minimum atomic E-state index is 0.271. The minimum Gasteiger partial charge on any atom is -0.295 e. The lowest BCUT2D eigenvalue weighted by atomic mass is 10.2. The third-order valence-corrected chi connectivity index (χ3v) is 2.27. The Labute approximate surface area is 84.7 Å². The lowest BCUT2D eigenvalue weighted by Crippen LogP contribution is -1.88. The molecular weight excluding hydrogens is 176 g/mol. The highest BCUT2D eigenvalue weighted by Crippen LogP contribution is 2.11. The Morgan fingerprint density at radius 3 is 1.36 bits per heavy atom. The van der Waals surface area contributed by atoms with Crippen LogP contribution in [0.15, 0.2) is 24.3 Å². The molecule has 0 saturated carbocycles. The average Bonchev–Trinajstić information content (AvgIpc) is 2.63. The summed E-state index contributed by atoms with van der Waals surface area (Å²) >= 11 is 0. The van der Waals surface area contributed by atoms with Crippen LogP contribution in [0.3, 0.4) is 0 Å². The summed E-state index contributed by atoms with van der Waals surface area (Å²) in [6.07, 6.45) is 8.65. The molecule has 0 fully saturated rings. The summed E-state index contributed by atoms with van der Waals surface area (Å²) in [6.45, 7) is 4.09. The molecule has 2 aliphatic carbocycles. The van der Waals surface area contributed by atoms with Crippen LogP contribution in [-0.2, 0) is 9.59 Å². The van der Waals surface area contributed by atoms with E-state index in [4.69, 9.17) is 0 Å². The van der Waals surface area contributed by atoms with Gasteiger partial charge in [-0.05, 0) is 24.0 Å². The van der Waals surface area contributed by atoms with Gasteiger partial charge in [-0.15, -0.1) is 0 Å².